The molecule has 0 aromatic heterocycles. The zero-order valence-electron chi connectivity index (χ0n) is 11.4. The largest absolute Gasteiger partial charge is 0.324 e. The van der Waals surface area contributed by atoms with Crippen molar-refractivity contribution in [1.29, 1.82) is 0 Å². The number of halogens is 1. The van der Waals surface area contributed by atoms with Gasteiger partial charge in [-0.25, -0.2) is 4.39 Å². The monoisotopic (exact) mass is 275 g/mol. The van der Waals surface area contributed by atoms with E-state index in [2.05, 4.69) is 32.0 Å². The molecule has 100 valence electrons. The summed E-state index contributed by atoms with van der Waals surface area (Å²) in [6, 6.07) is 11.1. The summed E-state index contributed by atoms with van der Waals surface area (Å²) in [7, 11) is 0. The van der Waals surface area contributed by atoms with E-state index in [1.807, 2.05) is 13.0 Å². The van der Waals surface area contributed by atoms with E-state index in [0.717, 1.165) is 9.79 Å². The number of hydrogen-bond donors (Lipinski definition) is 1. The molecule has 0 aliphatic heterocycles. The molecule has 0 spiro atoms. The zero-order valence-corrected chi connectivity index (χ0v) is 12.2. The van der Waals surface area contributed by atoms with Crippen molar-refractivity contribution in [2.24, 2.45) is 5.73 Å². The fraction of sp³-hybridized carbons (Fsp3) is 0.250. The van der Waals surface area contributed by atoms with Gasteiger partial charge in [0.2, 0.25) is 0 Å². The van der Waals surface area contributed by atoms with Crippen LogP contribution in [0.5, 0.6) is 0 Å². The molecular formula is C16H18FNS. The molecule has 2 aromatic rings. The van der Waals surface area contributed by atoms with E-state index < -0.39 is 0 Å². The third-order valence-electron chi connectivity index (χ3n) is 3.02. The van der Waals surface area contributed by atoms with Crippen LogP contribution in [0.25, 0.3) is 0 Å². The van der Waals surface area contributed by atoms with Gasteiger partial charge in [0.05, 0.1) is 0 Å². The van der Waals surface area contributed by atoms with Crippen LogP contribution in [0.4, 0.5) is 4.39 Å². The van der Waals surface area contributed by atoms with E-state index in [1.54, 1.807) is 17.8 Å². The lowest BCUT2D eigenvalue weighted by molar-refractivity contribution is 0.585. The lowest BCUT2D eigenvalue weighted by Crippen LogP contribution is -2.09. The second-order valence-corrected chi connectivity index (χ2v) is 5.90. The Morgan fingerprint density at radius 2 is 1.84 bits per heavy atom. The molecule has 1 nitrogen and oxygen atoms in total. The molecule has 0 bridgehead atoms. The van der Waals surface area contributed by atoms with Crippen LogP contribution in [0.15, 0.2) is 46.2 Å². The first kappa shape index (κ1) is 14.1. The second-order valence-electron chi connectivity index (χ2n) is 4.81. The highest BCUT2D eigenvalue weighted by Crippen LogP contribution is 2.35. The first-order valence-corrected chi connectivity index (χ1v) is 7.10. The summed E-state index contributed by atoms with van der Waals surface area (Å²) in [5.74, 6) is -0.232. The number of benzene rings is 2. The summed E-state index contributed by atoms with van der Waals surface area (Å²) in [5, 5.41) is 0. The molecular weight excluding hydrogens is 257 g/mol. The molecule has 2 N–H and O–H groups in total. The van der Waals surface area contributed by atoms with E-state index in [1.165, 1.54) is 17.2 Å². The van der Waals surface area contributed by atoms with Crippen LogP contribution in [0.2, 0.25) is 0 Å². The van der Waals surface area contributed by atoms with Gasteiger partial charge in [0.25, 0.3) is 0 Å². The minimum absolute atomic E-state index is 0.232. The Labute approximate surface area is 118 Å². The molecule has 2 rings (SSSR count). The molecule has 0 radical (unpaired) electrons. The minimum Gasteiger partial charge on any atom is -0.324 e. The molecule has 3 heteroatoms. The summed E-state index contributed by atoms with van der Waals surface area (Å²) in [6.45, 7) is 5.95. The van der Waals surface area contributed by atoms with Gasteiger partial charge in [-0.15, -0.1) is 0 Å². The van der Waals surface area contributed by atoms with Crippen molar-refractivity contribution in [2.45, 2.75) is 36.6 Å². The summed E-state index contributed by atoms with van der Waals surface area (Å²) < 4.78 is 13.9. The topological polar surface area (TPSA) is 26.0 Å². The Hall–Kier alpha value is -1.32. The van der Waals surface area contributed by atoms with Gasteiger partial charge in [0, 0.05) is 21.4 Å². The minimum atomic E-state index is -0.311. The predicted molar refractivity (Wildman–Crippen MR) is 79.0 cm³/mol. The van der Waals surface area contributed by atoms with Crippen LogP contribution in [0.1, 0.15) is 29.7 Å². The average molecular weight is 275 g/mol. The van der Waals surface area contributed by atoms with Crippen LogP contribution in [-0.2, 0) is 0 Å². The molecule has 0 amide bonds. The number of aryl methyl sites for hydroxylation is 2. The standard InChI is InChI=1S/C16H18FNS/c1-10-7-8-14(11(2)9-10)19-15-6-4-5-13(17)16(15)12(3)18/h4-9,12H,18H2,1-3H3/t12-/m1/s1. The smallest absolute Gasteiger partial charge is 0.129 e. The van der Waals surface area contributed by atoms with Gasteiger partial charge in [0.1, 0.15) is 5.82 Å². The SMILES string of the molecule is Cc1ccc(Sc2cccc(F)c2[C@@H](C)N)c(C)c1. The Morgan fingerprint density at radius 3 is 2.47 bits per heavy atom. The maximum absolute atomic E-state index is 13.9. The van der Waals surface area contributed by atoms with Crippen molar-refractivity contribution < 1.29 is 4.39 Å². The van der Waals surface area contributed by atoms with E-state index >= 15 is 0 Å². The van der Waals surface area contributed by atoms with Crippen LogP contribution >= 0.6 is 11.8 Å². The quantitative estimate of drug-likeness (QED) is 0.885. The normalized spacial score (nSPS) is 12.5. The van der Waals surface area contributed by atoms with Gasteiger partial charge in [-0.05, 0) is 44.5 Å². The highest BCUT2D eigenvalue weighted by atomic mass is 32.2. The molecule has 0 saturated heterocycles. The van der Waals surface area contributed by atoms with Gasteiger partial charge >= 0.3 is 0 Å². The van der Waals surface area contributed by atoms with Gasteiger partial charge in [0.15, 0.2) is 0 Å². The van der Waals surface area contributed by atoms with Crippen LogP contribution in [0.3, 0.4) is 0 Å². The first-order chi connectivity index (χ1) is 8.99. The molecule has 2 aromatic carbocycles. The zero-order chi connectivity index (χ0) is 14.0. The fourth-order valence-electron chi connectivity index (χ4n) is 2.08. The van der Waals surface area contributed by atoms with Crippen molar-refractivity contribution in [3.8, 4) is 0 Å². The molecule has 0 aliphatic carbocycles. The summed E-state index contributed by atoms with van der Waals surface area (Å²) >= 11 is 1.57. The van der Waals surface area contributed by atoms with E-state index in [0.29, 0.717) is 5.56 Å². The van der Waals surface area contributed by atoms with Crippen molar-refractivity contribution in [3.63, 3.8) is 0 Å². The Bertz CT molecular complexity index is 593. The highest BCUT2D eigenvalue weighted by molar-refractivity contribution is 7.99. The van der Waals surface area contributed by atoms with Crippen LogP contribution in [0, 0.1) is 19.7 Å². The summed E-state index contributed by atoms with van der Waals surface area (Å²) in [5.41, 5.74) is 8.90. The molecule has 0 aliphatic rings. The van der Waals surface area contributed by atoms with Crippen molar-refractivity contribution >= 4 is 11.8 Å². The van der Waals surface area contributed by atoms with Crippen LogP contribution < -0.4 is 5.73 Å². The average Bonchev–Trinajstić information content (AvgIpc) is 2.32. The van der Waals surface area contributed by atoms with Gasteiger partial charge < -0.3 is 5.73 Å². The Kier molecular flexibility index (Phi) is 4.27. The summed E-state index contributed by atoms with van der Waals surface area (Å²) in [6.07, 6.45) is 0. The second kappa shape index (κ2) is 5.76. The number of hydrogen-bond acceptors (Lipinski definition) is 2. The Balaban J connectivity index is 2.41. The van der Waals surface area contributed by atoms with Gasteiger partial charge in [-0.3, -0.25) is 0 Å². The molecule has 19 heavy (non-hydrogen) atoms. The molecule has 1 atom stereocenters. The van der Waals surface area contributed by atoms with Crippen molar-refractivity contribution in [1.82, 2.24) is 0 Å². The molecule has 0 fully saturated rings. The maximum atomic E-state index is 13.9. The number of nitrogens with two attached hydrogens (primary N) is 1. The van der Waals surface area contributed by atoms with Gasteiger partial charge in [-0.1, -0.05) is 35.5 Å². The van der Waals surface area contributed by atoms with E-state index in [4.69, 9.17) is 5.73 Å². The van der Waals surface area contributed by atoms with Crippen molar-refractivity contribution in [3.05, 3.63) is 58.9 Å². The Morgan fingerprint density at radius 1 is 1.11 bits per heavy atom. The third-order valence-corrected chi connectivity index (χ3v) is 4.27. The molecule has 0 unspecified atom stereocenters. The summed E-state index contributed by atoms with van der Waals surface area (Å²) in [4.78, 5) is 2.03. The van der Waals surface area contributed by atoms with Crippen molar-refractivity contribution in [2.75, 3.05) is 0 Å². The first-order valence-electron chi connectivity index (χ1n) is 6.28. The molecule has 0 heterocycles. The lowest BCUT2D eigenvalue weighted by Gasteiger charge is -2.14. The highest BCUT2D eigenvalue weighted by Gasteiger charge is 2.14. The third kappa shape index (κ3) is 3.17. The van der Waals surface area contributed by atoms with Crippen LogP contribution in [-0.4, -0.2) is 0 Å². The van der Waals surface area contributed by atoms with E-state index in [-0.39, 0.29) is 11.9 Å². The number of rotatable bonds is 3. The fourth-order valence-corrected chi connectivity index (χ4v) is 3.21. The van der Waals surface area contributed by atoms with Gasteiger partial charge in [-0.2, -0.15) is 0 Å². The lowest BCUT2D eigenvalue weighted by atomic mass is 10.1. The molecule has 0 saturated carbocycles. The maximum Gasteiger partial charge on any atom is 0.129 e. The predicted octanol–water partition coefficient (Wildman–Crippen LogP) is 4.61. The van der Waals surface area contributed by atoms with E-state index in [9.17, 15) is 4.39 Å².